The highest BCUT2D eigenvalue weighted by Crippen LogP contribution is 2.22. The van der Waals surface area contributed by atoms with Crippen molar-refractivity contribution in [1.29, 1.82) is 0 Å². The van der Waals surface area contributed by atoms with Crippen molar-refractivity contribution in [2.75, 3.05) is 0 Å². The molecule has 1 aliphatic rings. The minimum Gasteiger partial charge on any atom is -0.345 e. The van der Waals surface area contributed by atoms with Gasteiger partial charge in [0.05, 0.1) is 12.6 Å². The second-order valence-electron chi connectivity index (χ2n) is 6.29. The molecule has 2 aromatic rings. The Labute approximate surface area is 156 Å². The molecule has 0 bridgehead atoms. The van der Waals surface area contributed by atoms with E-state index in [1.165, 1.54) is 4.90 Å². The summed E-state index contributed by atoms with van der Waals surface area (Å²) in [6.45, 7) is 2.12. The number of benzene rings is 2. The van der Waals surface area contributed by atoms with Crippen LogP contribution in [0.5, 0.6) is 0 Å². The summed E-state index contributed by atoms with van der Waals surface area (Å²) in [6, 6.07) is 14.0. The Bertz CT molecular complexity index is 832. The fourth-order valence-corrected chi connectivity index (χ4v) is 3.23. The molecule has 1 unspecified atom stereocenters. The number of likely N-dealkylation sites (tertiary alicyclic amines) is 1. The van der Waals surface area contributed by atoms with Gasteiger partial charge in [-0.3, -0.25) is 19.3 Å². The average molecular weight is 371 g/mol. The van der Waals surface area contributed by atoms with Crippen LogP contribution in [0.3, 0.4) is 0 Å². The number of nitrogens with one attached hydrogen (secondary N) is 1. The fourth-order valence-electron chi connectivity index (χ4n) is 2.93. The van der Waals surface area contributed by atoms with E-state index < -0.39 is 0 Å². The van der Waals surface area contributed by atoms with Crippen LogP contribution in [0, 0.1) is 0 Å². The van der Waals surface area contributed by atoms with Crippen LogP contribution in [0.2, 0.25) is 5.02 Å². The molecule has 0 saturated carbocycles. The molecule has 1 aliphatic heterocycles. The lowest BCUT2D eigenvalue weighted by Crippen LogP contribution is -2.28. The SMILES string of the molecule is CC(NC(=O)c1ccc(CN2C(=O)CCC2=O)cc1)c1ccccc1Cl. The molecule has 1 fully saturated rings. The normalized spacial score (nSPS) is 15.2. The van der Waals surface area contributed by atoms with Crippen molar-refractivity contribution in [2.24, 2.45) is 0 Å². The van der Waals surface area contributed by atoms with Crippen molar-refractivity contribution in [2.45, 2.75) is 32.4 Å². The Balaban J connectivity index is 1.64. The predicted molar refractivity (Wildman–Crippen MR) is 98.6 cm³/mol. The Hall–Kier alpha value is -2.66. The van der Waals surface area contributed by atoms with E-state index in [9.17, 15) is 14.4 Å². The maximum Gasteiger partial charge on any atom is 0.251 e. The number of carbonyl (C=O) groups excluding carboxylic acids is 3. The summed E-state index contributed by atoms with van der Waals surface area (Å²) in [4.78, 5) is 37.0. The number of nitrogens with zero attached hydrogens (tertiary/aromatic N) is 1. The minimum absolute atomic E-state index is 0.148. The Morgan fingerprint density at radius 1 is 1.08 bits per heavy atom. The van der Waals surface area contributed by atoms with Crippen LogP contribution < -0.4 is 5.32 Å². The van der Waals surface area contributed by atoms with Crippen molar-refractivity contribution < 1.29 is 14.4 Å². The monoisotopic (exact) mass is 370 g/mol. The molecule has 134 valence electrons. The van der Waals surface area contributed by atoms with Crippen molar-refractivity contribution in [3.8, 4) is 0 Å². The topological polar surface area (TPSA) is 66.5 Å². The van der Waals surface area contributed by atoms with Crippen molar-refractivity contribution >= 4 is 29.3 Å². The molecular formula is C20H19ClN2O3. The molecule has 0 radical (unpaired) electrons. The van der Waals surface area contributed by atoms with E-state index in [4.69, 9.17) is 11.6 Å². The third kappa shape index (κ3) is 3.94. The van der Waals surface area contributed by atoms with Crippen molar-refractivity contribution in [3.05, 3.63) is 70.2 Å². The fraction of sp³-hybridized carbons (Fsp3) is 0.250. The van der Waals surface area contributed by atoms with Gasteiger partial charge in [0.25, 0.3) is 5.91 Å². The first-order valence-corrected chi connectivity index (χ1v) is 8.81. The molecule has 1 N–H and O–H groups in total. The minimum atomic E-state index is -0.226. The zero-order valence-electron chi connectivity index (χ0n) is 14.4. The first-order chi connectivity index (χ1) is 12.5. The van der Waals surface area contributed by atoms with Gasteiger partial charge >= 0.3 is 0 Å². The van der Waals surface area contributed by atoms with Gasteiger partial charge in [0.2, 0.25) is 11.8 Å². The van der Waals surface area contributed by atoms with E-state index in [0.29, 0.717) is 10.6 Å². The predicted octanol–water partition coefficient (Wildman–Crippen LogP) is 3.48. The lowest BCUT2D eigenvalue weighted by molar-refractivity contribution is -0.139. The van der Waals surface area contributed by atoms with E-state index in [-0.39, 0.29) is 43.1 Å². The number of hydrogen-bond donors (Lipinski definition) is 1. The lowest BCUT2D eigenvalue weighted by Gasteiger charge is -2.16. The van der Waals surface area contributed by atoms with Crippen LogP contribution in [0.25, 0.3) is 0 Å². The zero-order valence-corrected chi connectivity index (χ0v) is 15.1. The second-order valence-corrected chi connectivity index (χ2v) is 6.69. The molecule has 5 nitrogen and oxygen atoms in total. The van der Waals surface area contributed by atoms with Gasteiger partial charge in [-0.05, 0) is 36.2 Å². The first kappa shape index (κ1) is 18.1. The van der Waals surface area contributed by atoms with Crippen LogP contribution >= 0.6 is 11.6 Å². The highest BCUT2D eigenvalue weighted by atomic mass is 35.5. The van der Waals surface area contributed by atoms with E-state index in [1.807, 2.05) is 25.1 Å². The van der Waals surface area contributed by atoms with Gasteiger partial charge in [-0.25, -0.2) is 0 Å². The van der Waals surface area contributed by atoms with Gasteiger partial charge in [-0.15, -0.1) is 0 Å². The highest BCUT2D eigenvalue weighted by Gasteiger charge is 2.28. The summed E-state index contributed by atoms with van der Waals surface area (Å²) in [5, 5.41) is 3.52. The van der Waals surface area contributed by atoms with Crippen molar-refractivity contribution in [1.82, 2.24) is 10.2 Å². The molecule has 0 spiro atoms. The summed E-state index contributed by atoms with van der Waals surface area (Å²) in [5.74, 6) is -0.506. The number of carbonyl (C=O) groups is 3. The van der Waals surface area contributed by atoms with Gasteiger partial charge in [0.1, 0.15) is 0 Å². The smallest absolute Gasteiger partial charge is 0.251 e. The molecule has 26 heavy (non-hydrogen) atoms. The average Bonchev–Trinajstić information content (AvgIpc) is 2.94. The van der Waals surface area contributed by atoms with Gasteiger partial charge in [-0.2, -0.15) is 0 Å². The van der Waals surface area contributed by atoms with E-state index in [2.05, 4.69) is 5.32 Å². The summed E-state index contributed by atoms with van der Waals surface area (Å²) in [6.07, 6.45) is 0.554. The standard InChI is InChI=1S/C20H19ClN2O3/c1-13(16-4-2-3-5-17(16)21)22-20(26)15-8-6-14(7-9-15)12-23-18(24)10-11-19(23)25/h2-9,13H,10-12H2,1H3,(H,22,26). The number of imide groups is 1. The summed E-state index contributed by atoms with van der Waals surface area (Å²) >= 11 is 6.16. The summed E-state index contributed by atoms with van der Waals surface area (Å²) in [5.41, 5.74) is 2.17. The summed E-state index contributed by atoms with van der Waals surface area (Å²) < 4.78 is 0. The molecule has 3 amide bonds. The molecule has 1 saturated heterocycles. The molecule has 6 heteroatoms. The van der Waals surface area contributed by atoms with Crippen molar-refractivity contribution in [3.63, 3.8) is 0 Å². The quantitative estimate of drug-likeness (QED) is 0.819. The van der Waals surface area contributed by atoms with Gasteiger partial charge in [0.15, 0.2) is 0 Å². The van der Waals surface area contributed by atoms with Crippen LogP contribution in [0.15, 0.2) is 48.5 Å². The molecule has 0 aliphatic carbocycles. The lowest BCUT2D eigenvalue weighted by atomic mass is 10.1. The van der Waals surface area contributed by atoms with Crippen LogP contribution in [0.4, 0.5) is 0 Å². The number of hydrogen-bond acceptors (Lipinski definition) is 3. The summed E-state index contributed by atoms with van der Waals surface area (Å²) in [7, 11) is 0. The van der Waals surface area contributed by atoms with E-state index >= 15 is 0 Å². The van der Waals surface area contributed by atoms with Crippen LogP contribution in [-0.2, 0) is 16.1 Å². The first-order valence-electron chi connectivity index (χ1n) is 8.43. The number of halogens is 1. The van der Waals surface area contributed by atoms with Crippen LogP contribution in [0.1, 0.15) is 47.3 Å². The highest BCUT2D eigenvalue weighted by molar-refractivity contribution is 6.31. The van der Waals surface area contributed by atoms with Gasteiger partial charge < -0.3 is 5.32 Å². The third-order valence-electron chi connectivity index (χ3n) is 4.43. The van der Waals surface area contributed by atoms with E-state index in [1.54, 1.807) is 30.3 Å². The number of rotatable bonds is 5. The van der Waals surface area contributed by atoms with E-state index in [0.717, 1.165) is 11.1 Å². The van der Waals surface area contributed by atoms with Gasteiger partial charge in [-0.1, -0.05) is 41.9 Å². The molecule has 2 aromatic carbocycles. The molecule has 1 atom stereocenters. The Kier molecular flexibility index (Phi) is 5.38. The third-order valence-corrected chi connectivity index (χ3v) is 4.78. The Morgan fingerprint density at radius 3 is 2.31 bits per heavy atom. The molecular weight excluding hydrogens is 352 g/mol. The van der Waals surface area contributed by atoms with Crippen LogP contribution in [-0.4, -0.2) is 22.6 Å². The second kappa shape index (κ2) is 7.70. The maximum absolute atomic E-state index is 12.4. The maximum atomic E-state index is 12.4. The zero-order chi connectivity index (χ0) is 18.7. The Morgan fingerprint density at radius 2 is 1.69 bits per heavy atom. The molecule has 0 aromatic heterocycles. The largest absolute Gasteiger partial charge is 0.345 e. The molecule has 1 heterocycles. The number of amides is 3. The van der Waals surface area contributed by atoms with Gasteiger partial charge in [0, 0.05) is 23.4 Å². The molecule has 3 rings (SSSR count).